The highest BCUT2D eigenvalue weighted by Gasteiger charge is 2.34. The molecule has 2 amide bonds. The van der Waals surface area contributed by atoms with Crippen molar-refractivity contribution in [3.63, 3.8) is 0 Å². The predicted molar refractivity (Wildman–Crippen MR) is 110 cm³/mol. The van der Waals surface area contributed by atoms with Crippen LogP contribution in [0.15, 0.2) is 34.0 Å². The summed E-state index contributed by atoms with van der Waals surface area (Å²) in [5.74, 6) is -1.55. The van der Waals surface area contributed by atoms with Gasteiger partial charge in [-0.2, -0.15) is 13.2 Å². The molecule has 1 saturated heterocycles. The van der Waals surface area contributed by atoms with Crippen molar-refractivity contribution in [2.75, 3.05) is 25.5 Å². The van der Waals surface area contributed by atoms with Crippen LogP contribution in [0.5, 0.6) is 0 Å². The zero-order chi connectivity index (χ0) is 24.2. The number of β-amino-alcohol motifs (C(OH)–C–C–N with tert-alkyl or cyclic N) is 1. The molecule has 0 saturated carbocycles. The van der Waals surface area contributed by atoms with Crippen molar-refractivity contribution in [2.24, 2.45) is 4.99 Å². The molecule has 14 heteroatoms. The van der Waals surface area contributed by atoms with Crippen molar-refractivity contribution in [3.8, 4) is 11.5 Å². The summed E-state index contributed by atoms with van der Waals surface area (Å²) in [6.07, 6.45) is -1.89. The smallest absolute Gasteiger partial charge is 0.405 e. The number of nitrogens with zero attached hydrogens (tertiary/aromatic N) is 4. The number of rotatable bonds is 7. The van der Waals surface area contributed by atoms with E-state index in [0.29, 0.717) is 0 Å². The third-order valence-electron chi connectivity index (χ3n) is 4.49. The number of oxazole rings is 1. The second-order valence-corrected chi connectivity index (χ2v) is 7.04. The Kier molecular flexibility index (Phi) is 7.06. The monoisotopic (exact) mass is 467 g/mol. The molecule has 1 aliphatic heterocycles. The number of aliphatic hydroxyl groups excluding tert-OH is 1. The number of carbonyl (C=O) groups is 2. The number of hydrogen-bond donors (Lipinski definition) is 4. The highest BCUT2D eigenvalue weighted by atomic mass is 19.4. The van der Waals surface area contributed by atoms with E-state index in [1.165, 1.54) is 31.6 Å². The summed E-state index contributed by atoms with van der Waals surface area (Å²) in [7, 11) is 1.43. The van der Waals surface area contributed by atoms with Crippen molar-refractivity contribution in [2.45, 2.75) is 24.7 Å². The summed E-state index contributed by atoms with van der Waals surface area (Å²) in [6, 6.07) is 1.65. The summed E-state index contributed by atoms with van der Waals surface area (Å²) in [5, 5.41) is 22.5. The fourth-order valence-electron chi connectivity index (χ4n) is 2.99. The normalized spacial score (nSPS) is 17.4. The first-order valence-electron chi connectivity index (χ1n) is 9.60. The number of aromatic nitrogens is 2. The Balaban J connectivity index is 1.71. The first-order valence-corrected chi connectivity index (χ1v) is 9.60. The van der Waals surface area contributed by atoms with Gasteiger partial charge in [0.15, 0.2) is 5.69 Å². The molecule has 0 spiro atoms. The molecule has 2 aromatic heterocycles. The van der Waals surface area contributed by atoms with Gasteiger partial charge in [-0.3, -0.25) is 24.9 Å². The Labute approximate surface area is 185 Å². The van der Waals surface area contributed by atoms with Gasteiger partial charge < -0.3 is 20.2 Å². The number of anilines is 1. The van der Waals surface area contributed by atoms with E-state index in [2.05, 4.69) is 25.6 Å². The Hall–Kier alpha value is -3.81. The minimum absolute atomic E-state index is 0.0359. The van der Waals surface area contributed by atoms with E-state index >= 15 is 0 Å². The van der Waals surface area contributed by atoms with Gasteiger partial charge in [-0.15, -0.1) is 0 Å². The highest BCUT2D eigenvalue weighted by Crippen LogP contribution is 2.22. The van der Waals surface area contributed by atoms with Gasteiger partial charge in [0, 0.05) is 25.0 Å². The number of aliphatic hydroxyl groups is 1. The van der Waals surface area contributed by atoms with Crippen molar-refractivity contribution in [1.29, 1.82) is 5.41 Å². The average molecular weight is 467 g/mol. The topological polar surface area (TPSA) is 157 Å². The number of nitrogens with one attached hydrogen (secondary N) is 3. The molecule has 11 nitrogen and oxygen atoms in total. The van der Waals surface area contributed by atoms with Crippen LogP contribution >= 0.6 is 0 Å². The van der Waals surface area contributed by atoms with E-state index < -0.39 is 36.7 Å². The molecule has 0 aromatic carbocycles. The maximum atomic E-state index is 12.6. The van der Waals surface area contributed by atoms with Gasteiger partial charge in [0.2, 0.25) is 11.8 Å². The summed E-state index contributed by atoms with van der Waals surface area (Å²) < 4.78 is 42.4. The molecule has 33 heavy (non-hydrogen) atoms. The Bertz CT molecular complexity index is 1070. The van der Waals surface area contributed by atoms with Crippen LogP contribution in [-0.2, 0) is 4.79 Å². The van der Waals surface area contributed by atoms with Crippen LogP contribution in [0.4, 0.5) is 19.0 Å². The minimum atomic E-state index is -4.42. The van der Waals surface area contributed by atoms with Gasteiger partial charge in [0.05, 0.1) is 19.1 Å². The fraction of sp³-hybridized carbons (Fsp3) is 0.368. The summed E-state index contributed by atoms with van der Waals surface area (Å²) in [4.78, 5) is 37.2. The largest absolute Gasteiger partial charge is 0.444 e. The van der Waals surface area contributed by atoms with E-state index in [0.717, 1.165) is 11.2 Å². The quantitative estimate of drug-likeness (QED) is 0.351. The van der Waals surface area contributed by atoms with E-state index in [9.17, 15) is 27.9 Å². The number of likely N-dealkylation sites (tertiary alicyclic amines) is 1. The number of amidine groups is 1. The van der Waals surface area contributed by atoms with Gasteiger partial charge in [-0.25, -0.2) is 9.97 Å². The minimum Gasteiger partial charge on any atom is -0.444 e. The van der Waals surface area contributed by atoms with Crippen molar-refractivity contribution in [1.82, 2.24) is 20.2 Å². The first-order chi connectivity index (χ1) is 15.6. The average Bonchev–Trinajstić information content (AvgIpc) is 3.37. The molecule has 0 bridgehead atoms. The Morgan fingerprint density at radius 3 is 2.91 bits per heavy atom. The lowest BCUT2D eigenvalue weighted by Crippen LogP contribution is -2.50. The predicted octanol–water partition coefficient (Wildman–Crippen LogP) is 1.08. The number of carbonyl (C=O) groups excluding carboxylic acids is 2. The van der Waals surface area contributed by atoms with Crippen LogP contribution in [0.25, 0.3) is 11.5 Å². The maximum Gasteiger partial charge on any atom is 0.405 e. The van der Waals surface area contributed by atoms with Crippen LogP contribution in [0.2, 0.25) is 0 Å². The summed E-state index contributed by atoms with van der Waals surface area (Å²) in [6.45, 7) is -1.34. The third kappa shape index (κ3) is 6.12. The van der Waals surface area contributed by atoms with Crippen LogP contribution in [0.1, 0.15) is 16.9 Å². The molecule has 2 unspecified atom stereocenters. The van der Waals surface area contributed by atoms with Crippen molar-refractivity contribution >= 4 is 29.7 Å². The molecule has 1 aliphatic rings. The number of pyridine rings is 1. The van der Waals surface area contributed by atoms with Crippen LogP contribution in [0, 0.1) is 5.41 Å². The molecule has 0 aliphatic carbocycles. The molecular weight excluding hydrogens is 447 g/mol. The van der Waals surface area contributed by atoms with E-state index in [4.69, 9.17) is 9.83 Å². The van der Waals surface area contributed by atoms with Crippen LogP contribution in [-0.4, -0.2) is 82.3 Å². The summed E-state index contributed by atoms with van der Waals surface area (Å²) >= 11 is 0. The van der Waals surface area contributed by atoms with Crippen molar-refractivity contribution in [3.05, 3.63) is 30.3 Å². The second kappa shape index (κ2) is 9.77. The Morgan fingerprint density at radius 2 is 2.27 bits per heavy atom. The maximum absolute atomic E-state index is 12.6. The van der Waals surface area contributed by atoms with Crippen LogP contribution in [0.3, 0.4) is 0 Å². The number of aliphatic imine (C=N–C) groups is 1. The van der Waals surface area contributed by atoms with Gasteiger partial charge in [0.25, 0.3) is 5.91 Å². The highest BCUT2D eigenvalue weighted by molar-refractivity contribution is 6.10. The number of alkyl halides is 3. The molecule has 0 radical (unpaired) electrons. The van der Waals surface area contributed by atoms with E-state index in [1.54, 1.807) is 0 Å². The third-order valence-corrected chi connectivity index (χ3v) is 4.49. The lowest BCUT2D eigenvalue weighted by atomic mass is 10.2. The zero-order valence-electron chi connectivity index (χ0n) is 17.3. The molecule has 1 fully saturated rings. The number of hydrogen-bond acceptors (Lipinski definition) is 9. The van der Waals surface area contributed by atoms with Gasteiger partial charge >= 0.3 is 6.18 Å². The molecule has 2 aromatic rings. The Morgan fingerprint density at radius 1 is 1.52 bits per heavy atom. The van der Waals surface area contributed by atoms with Crippen LogP contribution < -0.4 is 10.6 Å². The molecule has 3 rings (SSSR count). The lowest BCUT2D eigenvalue weighted by Gasteiger charge is -2.22. The van der Waals surface area contributed by atoms with Gasteiger partial charge in [0.1, 0.15) is 30.5 Å². The van der Waals surface area contributed by atoms with E-state index in [1.807, 2.05) is 0 Å². The van der Waals surface area contributed by atoms with Gasteiger partial charge in [-0.05, 0) is 12.1 Å². The fourth-order valence-corrected chi connectivity index (χ4v) is 2.99. The van der Waals surface area contributed by atoms with Gasteiger partial charge in [-0.1, -0.05) is 0 Å². The molecular formula is C19H20F3N7O4. The molecule has 176 valence electrons. The SMILES string of the molecule is CN=CC(NC(=O)c1coc(-c2ccnc(NCC(F)(F)F)c2)n1)C(=N)N1CC(O)CC1=O. The zero-order valence-corrected chi connectivity index (χ0v) is 17.3. The summed E-state index contributed by atoms with van der Waals surface area (Å²) in [5.41, 5.74) is 0.117. The molecule has 4 N–H and O–H groups in total. The van der Waals surface area contributed by atoms with E-state index in [-0.39, 0.29) is 41.8 Å². The molecule has 3 heterocycles. The standard InChI is InChI=1S/C19H20F3N7O4/c1-24-6-12(16(23)29-7-11(30)5-15(29)31)27-17(32)13-8-33-18(28-13)10-2-3-25-14(4-10)26-9-19(20,21)22/h2-4,6,8,11-12,23,30H,5,7,9H2,1H3,(H,25,26)(H,27,32). The second-order valence-electron chi connectivity index (χ2n) is 7.04. The number of halogens is 3. The van der Waals surface area contributed by atoms with Crippen molar-refractivity contribution < 1.29 is 32.3 Å². The molecule has 2 atom stereocenters. The number of amides is 2. The lowest BCUT2D eigenvalue weighted by molar-refractivity contribution is -0.124. The first kappa shape index (κ1) is 23.8.